The number of ether oxygens (including phenoxy) is 1. The van der Waals surface area contributed by atoms with Gasteiger partial charge in [-0.2, -0.15) is 0 Å². The number of aromatic nitrogens is 2. The molecule has 1 aliphatic carbocycles. The number of nitrogens with zero attached hydrogens (tertiary/aromatic N) is 3. The van der Waals surface area contributed by atoms with Gasteiger partial charge in [-0.05, 0) is 25.0 Å². The van der Waals surface area contributed by atoms with Gasteiger partial charge in [0.15, 0.2) is 0 Å². The van der Waals surface area contributed by atoms with Crippen LogP contribution in [0.1, 0.15) is 29.8 Å². The Morgan fingerprint density at radius 3 is 2.65 bits per heavy atom. The van der Waals surface area contributed by atoms with E-state index in [1.807, 2.05) is 30.3 Å². The molecule has 2 aliphatic rings. The molecule has 2 heterocycles. The lowest BCUT2D eigenvalue weighted by Crippen LogP contribution is -2.46. The number of likely N-dealkylation sites (tertiary alicyclic amines) is 1. The largest absolute Gasteiger partial charge is 0.488 e. The Kier molecular flexibility index (Phi) is 4.51. The maximum absolute atomic E-state index is 12.8. The van der Waals surface area contributed by atoms with Crippen LogP contribution < -0.4 is 10.1 Å². The summed E-state index contributed by atoms with van der Waals surface area (Å²) in [5.41, 5.74) is 0.233. The molecular formula is C19H20N4O3. The monoisotopic (exact) mass is 352 g/mol. The molecule has 1 saturated carbocycles. The van der Waals surface area contributed by atoms with E-state index in [-0.39, 0.29) is 29.7 Å². The first kappa shape index (κ1) is 16.5. The van der Waals surface area contributed by atoms with Gasteiger partial charge >= 0.3 is 0 Å². The number of rotatable bonds is 5. The molecule has 1 aliphatic heterocycles. The van der Waals surface area contributed by atoms with Gasteiger partial charge in [0.25, 0.3) is 5.91 Å². The SMILES string of the molecule is O=C(NC1CC1)[C@@H]1C[C@H](Oc2ccccc2)CN1C(=O)c1cnccn1. The lowest BCUT2D eigenvalue weighted by molar-refractivity contribution is -0.125. The molecule has 2 atom stereocenters. The van der Waals surface area contributed by atoms with E-state index < -0.39 is 6.04 Å². The molecule has 1 N–H and O–H groups in total. The molecule has 0 bridgehead atoms. The normalized spacial score (nSPS) is 22.1. The zero-order valence-electron chi connectivity index (χ0n) is 14.2. The molecule has 26 heavy (non-hydrogen) atoms. The molecule has 134 valence electrons. The van der Waals surface area contributed by atoms with Crippen molar-refractivity contribution in [1.82, 2.24) is 20.2 Å². The standard InChI is InChI=1S/C19H20N4O3/c24-18(22-13-6-7-13)17-10-15(26-14-4-2-1-3-5-14)12-23(17)19(25)16-11-20-8-9-21-16/h1-5,8-9,11,13,15,17H,6-7,10,12H2,(H,22,24)/t15-,17-/m0/s1. The third kappa shape index (κ3) is 3.66. The van der Waals surface area contributed by atoms with E-state index >= 15 is 0 Å². The summed E-state index contributed by atoms with van der Waals surface area (Å²) in [6.07, 6.45) is 6.62. The van der Waals surface area contributed by atoms with Gasteiger partial charge in [0, 0.05) is 24.9 Å². The van der Waals surface area contributed by atoms with E-state index in [1.54, 1.807) is 4.90 Å². The number of hydrogen-bond acceptors (Lipinski definition) is 5. The maximum Gasteiger partial charge on any atom is 0.274 e. The predicted octanol–water partition coefficient (Wildman–Crippen LogP) is 1.42. The molecule has 2 fully saturated rings. The summed E-state index contributed by atoms with van der Waals surface area (Å²) in [5, 5.41) is 2.99. The fraction of sp³-hybridized carbons (Fsp3) is 0.368. The van der Waals surface area contributed by atoms with Crippen LogP contribution in [0, 0.1) is 0 Å². The lowest BCUT2D eigenvalue weighted by atomic mass is 10.1. The van der Waals surface area contributed by atoms with Crippen molar-refractivity contribution in [3.05, 3.63) is 54.6 Å². The van der Waals surface area contributed by atoms with Crippen molar-refractivity contribution < 1.29 is 14.3 Å². The van der Waals surface area contributed by atoms with Crippen molar-refractivity contribution >= 4 is 11.8 Å². The Balaban J connectivity index is 1.52. The summed E-state index contributed by atoms with van der Waals surface area (Å²) >= 11 is 0. The first-order valence-corrected chi connectivity index (χ1v) is 8.80. The van der Waals surface area contributed by atoms with Crippen LogP contribution >= 0.6 is 0 Å². The first-order valence-electron chi connectivity index (χ1n) is 8.80. The second kappa shape index (κ2) is 7.11. The van der Waals surface area contributed by atoms with Crippen molar-refractivity contribution in [2.75, 3.05) is 6.54 Å². The van der Waals surface area contributed by atoms with Crippen molar-refractivity contribution in [3.8, 4) is 5.75 Å². The molecule has 7 heteroatoms. The van der Waals surface area contributed by atoms with E-state index in [2.05, 4.69) is 15.3 Å². The van der Waals surface area contributed by atoms with Gasteiger partial charge < -0.3 is 15.0 Å². The van der Waals surface area contributed by atoms with Crippen LogP contribution in [-0.4, -0.2) is 51.4 Å². The molecule has 0 radical (unpaired) electrons. The minimum absolute atomic E-state index is 0.121. The minimum Gasteiger partial charge on any atom is -0.488 e. The van der Waals surface area contributed by atoms with Crippen LogP contribution in [0.4, 0.5) is 0 Å². The van der Waals surface area contributed by atoms with Crippen molar-refractivity contribution in [1.29, 1.82) is 0 Å². The minimum atomic E-state index is -0.557. The number of nitrogens with one attached hydrogen (secondary N) is 1. The molecule has 1 aromatic carbocycles. The van der Waals surface area contributed by atoms with Crippen molar-refractivity contribution in [3.63, 3.8) is 0 Å². The Morgan fingerprint density at radius 1 is 1.15 bits per heavy atom. The highest BCUT2D eigenvalue weighted by Crippen LogP contribution is 2.26. The summed E-state index contributed by atoms with van der Waals surface area (Å²) < 4.78 is 5.98. The summed E-state index contributed by atoms with van der Waals surface area (Å²) in [6, 6.07) is 9.12. The highest BCUT2D eigenvalue weighted by molar-refractivity contribution is 5.96. The fourth-order valence-corrected chi connectivity index (χ4v) is 3.13. The number of amides is 2. The van der Waals surface area contributed by atoms with Gasteiger partial charge in [-0.15, -0.1) is 0 Å². The second-order valence-electron chi connectivity index (χ2n) is 6.64. The summed E-state index contributed by atoms with van der Waals surface area (Å²) in [6.45, 7) is 0.340. The molecular weight excluding hydrogens is 332 g/mol. The molecule has 4 rings (SSSR count). The summed E-state index contributed by atoms with van der Waals surface area (Å²) in [7, 11) is 0. The van der Waals surface area contributed by atoms with E-state index in [0.29, 0.717) is 13.0 Å². The molecule has 0 spiro atoms. The van der Waals surface area contributed by atoms with Crippen LogP contribution in [0.15, 0.2) is 48.9 Å². The summed E-state index contributed by atoms with van der Waals surface area (Å²) in [4.78, 5) is 35.1. The second-order valence-corrected chi connectivity index (χ2v) is 6.64. The molecule has 0 unspecified atom stereocenters. The number of carbonyl (C=O) groups excluding carboxylic acids is 2. The smallest absolute Gasteiger partial charge is 0.274 e. The molecule has 1 aromatic heterocycles. The zero-order chi connectivity index (χ0) is 17.9. The Labute approximate surface area is 151 Å². The first-order chi connectivity index (χ1) is 12.7. The quantitative estimate of drug-likeness (QED) is 0.880. The predicted molar refractivity (Wildman–Crippen MR) is 93.5 cm³/mol. The number of para-hydroxylation sites is 1. The van der Waals surface area contributed by atoms with Gasteiger partial charge in [0.05, 0.1) is 12.7 Å². The van der Waals surface area contributed by atoms with Crippen molar-refractivity contribution in [2.24, 2.45) is 0 Å². The zero-order valence-corrected chi connectivity index (χ0v) is 14.2. The Morgan fingerprint density at radius 2 is 1.96 bits per heavy atom. The summed E-state index contributed by atoms with van der Waals surface area (Å²) in [5.74, 6) is 0.310. The van der Waals surface area contributed by atoms with Gasteiger partial charge in [-0.3, -0.25) is 14.6 Å². The average Bonchev–Trinajstić information content (AvgIpc) is 3.39. The van der Waals surface area contributed by atoms with Gasteiger partial charge in [0.2, 0.25) is 5.91 Å². The van der Waals surface area contributed by atoms with E-state index in [4.69, 9.17) is 4.74 Å². The van der Waals surface area contributed by atoms with Crippen LogP contribution in [0.2, 0.25) is 0 Å². The number of carbonyl (C=O) groups is 2. The van der Waals surface area contributed by atoms with Crippen LogP contribution in [0.3, 0.4) is 0 Å². The molecule has 1 saturated heterocycles. The Hall–Kier alpha value is -2.96. The fourth-order valence-electron chi connectivity index (χ4n) is 3.13. The van der Waals surface area contributed by atoms with Crippen LogP contribution in [0.25, 0.3) is 0 Å². The molecule has 7 nitrogen and oxygen atoms in total. The number of hydrogen-bond donors (Lipinski definition) is 1. The van der Waals surface area contributed by atoms with E-state index in [9.17, 15) is 9.59 Å². The highest BCUT2D eigenvalue weighted by Gasteiger charge is 2.42. The molecule has 2 amide bonds. The third-order valence-electron chi connectivity index (χ3n) is 4.58. The van der Waals surface area contributed by atoms with Crippen molar-refractivity contribution in [2.45, 2.75) is 37.5 Å². The highest BCUT2D eigenvalue weighted by atomic mass is 16.5. The average molecular weight is 352 g/mol. The lowest BCUT2D eigenvalue weighted by Gasteiger charge is -2.23. The van der Waals surface area contributed by atoms with E-state index in [1.165, 1.54) is 18.6 Å². The van der Waals surface area contributed by atoms with Crippen LogP contribution in [0.5, 0.6) is 5.75 Å². The van der Waals surface area contributed by atoms with Gasteiger partial charge in [-0.1, -0.05) is 18.2 Å². The molecule has 2 aromatic rings. The van der Waals surface area contributed by atoms with Gasteiger partial charge in [0.1, 0.15) is 23.6 Å². The topological polar surface area (TPSA) is 84.4 Å². The Bertz CT molecular complexity index is 780. The third-order valence-corrected chi connectivity index (χ3v) is 4.58. The van der Waals surface area contributed by atoms with E-state index in [0.717, 1.165) is 18.6 Å². The van der Waals surface area contributed by atoms with Crippen LogP contribution in [-0.2, 0) is 4.79 Å². The maximum atomic E-state index is 12.8. The van der Waals surface area contributed by atoms with Gasteiger partial charge in [-0.25, -0.2) is 4.98 Å². The number of benzene rings is 1.